The molecule has 0 aromatic heterocycles. The fraction of sp³-hybridized carbons (Fsp3) is 0.500. The summed E-state index contributed by atoms with van der Waals surface area (Å²) < 4.78 is 0. The first-order valence-electron chi connectivity index (χ1n) is 9.12. The van der Waals surface area contributed by atoms with Crippen molar-refractivity contribution in [2.75, 3.05) is 13.1 Å². The molecule has 2 unspecified atom stereocenters. The molecule has 1 saturated heterocycles. The molecule has 0 radical (unpaired) electrons. The van der Waals surface area contributed by atoms with Crippen LogP contribution in [0, 0.1) is 24.2 Å². The van der Waals surface area contributed by atoms with E-state index in [-0.39, 0.29) is 36.7 Å². The molecule has 0 aromatic rings. The first-order valence-corrected chi connectivity index (χ1v) is 9.12. The second kappa shape index (κ2) is 6.24. The molecular weight excluding hydrogens is 332 g/mol. The third-order valence-electron chi connectivity index (χ3n) is 5.81. The highest BCUT2D eigenvalue weighted by atomic mass is 16.2. The van der Waals surface area contributed by atoms with Gasteiger partial charge in [0.1, 0.15) is 0 Å². The molecule has 6 nitrogen and oxygen atoms in total. The number of hydrogen-bond donors (Lipinski definition) is 0. The van der Waals surface area contributed by atoms with Crippen LogP contribution in [0.5, 0.6) is 0 Å². The van der Waals surface area contributed by atoms with Crippen molar-refractivity contribution in [2.24, 2.45) is 11.8 Å². The Morgan fingerprint density at radius 3 is 2.23 bits per heavy atom. The van der Waals surface area contributed by atoms with E-state index in [1.807, 2.05) is 0 Å². The lowest BCUT2D eigenvalue weighted by Gasteiger charge is -2.27. The molecule has 4 rings (SSSR count). The summed E-state index contributed by atoms with van der Waals surface area (Å²) in [7, 11) is 0. The third kappa shape index (κ3) is 2.34. The molecule has 0 spiro atoms. The van der Waals surface area contributed by atoms with E-state index < -0.39 is 11.8 Å². The Hall–Kier alpha value is -2.68. The van der Waals surface area contributed by atoms with E-state index in [4.69, 9.17) is 6.42 Å². The van der Waals surface area contributed by atoms with Gasteiger partial charge in [-0.05, 0) is 32.1 Å². The summed E-state index contributed by atoms with van der Waals surface area (Å²) in [5.74, 6) is 0.867. The van der Waals surface area contributed by atoms with Crippen molar-refractivity contribution in [3.8, 4) is 12.3 Å². The molecule has 2 aliphatic carbocycles. The Morgan fingerprint density at radius 2 is 1.62 bits per heavy atom. The zero-order valence-electron chi connectivity index (χ0n) is 14.5. The largest absolute Gasteiger partial charge is 0.281 e. The fourth-order valence-corrected chi connectivity index (χ4v) is 4.40. The number of amides is 4. The van der Waals surface area contributed by atoms with Crippen molar-refractivity contribution in [1.29, 1.82) is 0 Å². The lowest BCUT2D eigenvalue weighted by Crippen LogP contribution is -2.35. The molecule has 0 saturated carbocycles. The molecule has 6 heteroatoms. The molecule has 2 heterocycles. The Morgan fingerprint density at radius 1 is 0.962 bits per heavy atom. The molecule has 26 heavy (non-hydrogen) atoms. The van der Waals surface area contributed by atoms with Crippen LogP contribution < -0.4 is 0 Å². The summed E-state index contributed by atoms with van der Waals surface area (Å²) in [5, 5.41) is 0. The number of rotatable bonds is 5. The number of carbonyl (C=O) groups is 4. The van der Waals surface area contributed by atoms with Crippen LogP contribution in [-0.2, 0) is 19.2 Å². The van der Waals surface area contributed by atoms with E-state index >= 15 is 0 Å². The summed E-state index contributed by atoms with van der Waals surface area (Å²) in [6.45, 7) is 0.521. The van der Waals surface area contributed by atoms with Gasteiger partial charge in [0.25, 0.3) is 11.8 Å². The summed E-state index contributed by atoms with van der Waals surface area (Å²) in [6, 6.07) is 0. The molecule has 2 atom stereocenters. The number of terminal acetylenes is 1. The molecule has 4 aliphatic rings. The number of imide groups is 2. The Kier molecular flexibility index (Phi) is 4.03. The van der Waals surface area contributed by atoms with Crippen molar-refractivity contribution in [1.82, 2.24) is 9.80 Å². The van der Waals surface area contributed by atoms with Crippen LogP contribution in [0.4, 0.5) is 0 Å². The first-order chi connectivity index (χ1) is 12.5. The Labute approximate surface area is 151 Å². The Balaban J connectivity index is 1.40. The average molecular weight is 352 g/mol. The summed E-state index contributed by atoms with van der Waals surface area (Å²) >= 11 is 0. The highest BCUT2D eigenvalue weighted by Gasteiger charge is 2.53. The van der Waals surface area contributed by atoms with Gasteiger partial charge in [-0.15, -0.1) is 12.3 Å². The zero-order valence-corrected chi connectivity index (χ0v) is 14.5. The second-order valence-electron chi connectivity index (χ2n) is 7.20. The van der Waals surface area contributed by atoms with Gasteiger partial charge in [0.15, 0.2) is 0 Å². The maximum atomic E-state index is 12.5. The van der Waals surface area contributed by atoms with Gasteiger partial charge in [-0.1, -0.05) is 11.6 Å². The van der Waals surface area contributed by atoms with Crippen LogP contribution in [0.3, 0.4) is 0 Å². The summed E-state index contributed by atoms with van der Waals surface area (Å²) in [6.07, 6.45) is 11.1. The first kappa shape index (κ1) is 16.8. The molecule has 2 aliphatic heterocycles. The molecule has 0 N–H and O–H groups in total. The summed E-state index contributed by atoms with van der Waals surface area (Å²) in [5.41, 5.74) is 2.20. The van der Waals surface area contributed by atoms with Gasteiger partial charge in [-0.3, -0.25) is 29.0 Å². The van der Waals surface area contributed by atoms with Gasteiger partial charge in [0.2, 0.25) is 11.8 Å². The third-order valence-corrected chi connectivity index (χ3v) is 5.81. The molecule has 0 aromatic carbocycles. The van der Waals surface area contributed by atoms with E-state index in [9.17, 15) is 19.2 Å². The topological polar surface area (TPSA) is 74.8 Å². The van der Waals surface area contributed by atoms with Crippen LogP contribution in [0.15, 0.2) is 22.8 Å². The standard InChI is InChI=1S/C20H20N2O4/c1-2-3-9-21-19(25)15-11-12(16(15)20(21)26)8-10-22-17(23)13-6-4-5-7-14(13)18(22)24/h1,11,15-16H,3-10H2. The predicted octanol–water partition coefficient (Wildman–Crippen LogP) is 1.18. The molecular formula is C20H20N2O4. The van der Waals surface area contributed by atoms with E-state index in [2.05, 4.69) is 5.92 Å². The van der Waals surface area contributed by atoms with Crippen LogP contribution in [0.25, 0.3) is 0 Å². The minimum atomic E-state index is -0.435. The lowest BCUT2D eigenvalue weighted by molar-refractivity contribution is -0.139. The van der Waals surface area contributed by atoms with E-state index in [0.717, 1.165) is 18.4 Å². The number of carbonyl (C=O) groups excluding carboxylic acids is 4. The van der Waals surface area contributed by atoms with Crippen LogP contribution in [0.2, 0.25) is 0 Å². The lowest BCUT2D eigenvalue weighted by atomic mass is 9.75. The zero-order chi connectivity index (χ0) is 18.4. The fourth-order valence-electron chi connectivity index (χ4n) is 4.40. The maximum absolute atomic E-state index is 12.5. The van der Waals surface area contributed by atoms with Gasteiger partial charge in [0.05, 0.1) is 11.8 Å². The van der Waals surface area contributed by atoms with Crippen molar-refractivity contribution in [3.05, 3.63) is 22.8 Å². The number of likely N-dealkylation sites (tertiary alicyclic amines) is 1. The highest BCUT2D eigenvalue weighted by Crippen LogP contribution is 2.43. The van der Waals surface area contributed by atoms with Gasteiger partial charge < -0.3 is 0 Å². The van der Waals surface area contributed by atoms with Crippen molar-refractivity contribution in [2.45, 2.75) is 38.5 Å². The maximum Gasteiger partial charge on any atom is 0.257 e. The highest BCUT2D eigenvalue weighted by molar-refractivity contribution is 6.19. The summed E-state index contributed by atoms with van der Waals surface area (Å²) in [4.78, 5) is 52.2. The predicted molar refractivity (Wildman–Crippen MR) is 92.1 cm³/mol. The monoisotopic (exact) mass is 352 g/mol. The van der Waals surface area contributed by atoms with Gasteiger partial charge in [-0.2, -0.15) is 0 Å². The van der Waals surface area contributed by atoms with E-state index in [0.29, 0.717) is 36.8 Å². The smallest absolute Gasteiger partial charge is 0.257 e. The van der Waals surface area contributed by atoms with E-state index in [1.165, 1.54) is 9.80 Å². The van der Waals surface area contributed by atoms with E-state index in [1.54, 1.807) is 6.08 Å². The minimum Gasteiger partial charge on any atom is -0.281 e. The second-order valence-corrected chi connectivity index (χ2v) is 7.20. The molecule has 4 amide bonds. The van der Waals surface area contributed by atoms with Crippen LogP contribution in [-0.4, -0.2) is 46.5 Å². The normalized spacial score (nSPS) is 27.4. The molecule has 0 bridgehead atoms. The molecule has 1 fully saturated rings. The average Bonchev–Trinajstić information content (AvgIpc) is 2.96. The quantitative estimate of drug-likeness (QED) is 0.423. The van der Waals surface area contributed by atoms with Gasteiger partial charge >= 0.3 is 0 Å². The van der Waals surface area contributed by atoms with Gasteiger partial charge in [0, 0.05) is 30.7 Å². The van der Waals surface area contributed by atoms with Crippen LogP contribution in [0.1, 0.15) is 38.5 Å². The SMILES string of the molecule is C#CCCN1C(=O)C2C=C(CCN3C(=O)C4=C(CCCC4)C3=O)C2C1=O. The van der Waals surface area contributed by atoms with Crippen LogP contribution >= 0.6 is 0 Å². The molecule has 134 valence electrons. The number of fused-ring (bicyclic) bond motifs is 1. The number of nitrogens with zero attached hydrogens (tertiary/aromatic N) is 2. The van der Waals surface area contributed by atoms with Gasteiger partial charge in [-0.25, -0.2) is 0 Å². The minimum absolute atomic E-state index is 0.175. The van der Waals surface area contributed by atoms with Crippen molar-refractivity contribution in [3.63, 3.8) is 0 Å². The van der Waals surface area contributed by atoms with Crippen molar-refractivity contribution < 1.29 is 19.2 Å². The number of hydrogen-bond acceptors (Lipinski definition) is 4. The Bertz CT molecular complexity index is 801. The van der Waals surface area contributed by atoms with Crippen molar-refractivity contribution >= 4 is 23.6 Å².